The second kappa shape index (κ2) is 8.57. The topological polar surface area (TPSA) is 70.2 Å². The number of hydrogen-bond donors (Lipinski definition) is 0. The predicted octanol–water partition coefficient (Wildman–Crippen LogP) is 2.70. The molecule has 2 aliphatic rings. The minimum Gasteiger partial charge on any atom is -0.492 e. The van der Waals surface area contributed by atoms with Crippen LogP contribution in [0.1, 0.15) is 30.1 Å². The second-order valence-corrected chi connectivity index (χ2v) is 7.35. The molecule has 2 aromatic rings. The summed E-state index contributed by atoms with van der Waals surface area (Å²) in [5.74, 6) is 0.435. The van der Waals surface area contributed by atoms with E-state index in [0.29, 0.717) is 30.9 Å². The lowest BCUT2D eigenvalue weighted by molar-refractivity contribution is -0.121. The number of carbonyl (C=O) groups excluding carboxylic acids is 3. The summed E-state index contributed by atoms with van der Waals surface area (Å²) in [5.41, 5.74) is 2.13. The monoisotopic (exact) mass is 407 g/mol. The molecule has 0 unspecified atom stereocenters. The average molecular weight is 407 g/mol. The van der Waals surface area contributed by atoms with Crippen LogP contribution in [-0.4, -0.2) is 55.4 Å². The molecular weight excluding hydrogens is 382 g/mol. The fourth-order valence-electron chi connectivity index (χ4n) is 3.95. The van der Waals surface area contributed by atoms with E-state index < -0.39 is 0 Å². The molecule has 0 bridgehead atoms. The Kier molecular flexibility index (Phi) is 5.70. The van der Waals surface area contributed by atoms with Gasteiger partial charge in [0, 0.05) is 44.6 Å². The fourth-order valence-corrected chi connectivity index (χ4v) is 3.95. The Morgan fingerprint density at radius 1 is 0.900 bits per heavy atom. The zero-order chi connectivity index (χ0) is 21.1. The van der Waals surface area contributed by atoms with Crippen LogP contribution in [0.5, 0.6) is 5.75 Å². The third-order valence-corrected chi connectivity index (χ3v) is 5.50. The Morgan fingerprint density at radius 2 is 1.53 bits per heavy atom. The molecule has 4 rings (SSSR count). The zero-order valence-corrected chi connectivity index (χ0v) is 17.0. The molecule has 0 radical (unpaired) electrons. The van der Waals surface area contributed by atoms with Crippen LogP contribution in [0, 0.1) is 0 Å². The number of rotatable bonds is 5. The van der Waals surface area contributed by atoms with Crippen LogP contribution in [0.3, 0.4) is 0 Å². The molecule has 2 aliphatic heterocycles. The number of anilines is 2. The van der Waals surface area contributed by atoms with Crippen molar-refractivity contribution in [1.29, 1.82) is 0 Å². The van der Waals surface area contributed by atoms with Crippen molar-refractivity contribution >= 4 is 29.1 Å². The molecule has 0 aromatic heterocycles. The van der Waals surface area contributed by atoms with E-state index in [4.69, 9.17) is 4.74 Å². The van der Waals surface area contributed by atoms with Gasteiger partial charge in [0.1, 0.15) is 5.75 Å². The van der Waals surface area contributed by atoms with Crippen molar-refractivity contribution in [3.63, 3.8) is 0 Å². The molecule has 30 heavy (non-hydrogen) atoms. The molecule has 2 fully saturated rings. The van der Waals surface area contributed by atoms with Gasteiger partial charge in [-0.1, -0.05) is 12.1 Å². The lowest BCUT2D eigenvalue weighted by atomic mass is 10.1. The number of carbonyl (C=O) groups is 3. The van der Waals surface area contributed by atoms with Crippen molar-refractivity contribution in [3.05, 3.63) is 54.1 Å². The lowest BCUT2D eigenvalue weighted by Crippen LogP contribution is -2.48. The molecule has 0 spiro atoms. The number of ether oxygens (including phenoxy) is 1. The summed E-state index contributed by atoms with van der Waals surface area (Å²) in [6.45, 7) is 5.26. The maximum Gasteiger partial charge on any atom is 0.253 e. The quantitative estimate of drug-likeness (QED) is 0.713. The van der Waals surface area contributed by atoms with Crippen molar-refractivity contribution in [2.75, 3.05) is 42.6 Å². The summed E-state index contributed by atoms with van der Waals surface area (Å²) in [6.07, 6.45) is 0.492. The highest BCUT2D eigenvalue weighted by Gasteiger charge is 2.30. The Morgan fingerprint density at radius 3 is 2.17 bits per heavy atom. The van der Waals surface area contributed by atoms with E-state index in [1.165, 1.54) is 4.90 Å². The first-order chi connectivity index (χ1) is 14.6. The molecule has 0 N–H and O–H groups in total. The van der Waals surface area contributed by atoms with Crippen LogP contribution in [0.15, 0.2) is 48.5 Å². The zero-order valence-electron chi connectivity index (χ0n) is 17.0. The molecule has 0 saturated carbocycles. The second-order valence-electron chi connectivity index (χ2n) is 7.35. The largest absolute Gasteiger partial charge is 0.492 e. The van der Waals surface area contributed by atoms with Crippen LogP contribution >= 0.6 is 0 Å². The highest BCUT2D eigenvalue weighted by Crippen LogP contribution is 2.29. The van der Waals surface area contributed by atoms with E-state index >= 15 is 0 Å². The molecule has 7 nitrogen and oxygen atoms in total. The minimum absolute atomic E-state index is 0.0432. The van der Waals surface area contributed by atoms with Crippen molar-refractivity contribution < 1.29 is 19.1 Å². The molecule has 2 aromatic carbocycles. The maximum atomic E-state index is 12.9. The third-order valence-electron chi connectivity index (χ3n) is 5.50. The summed E-state index contributed by atoms with van der Waals surface area (Å²) in [5, 5.41) is 0. The van der Waals surface area contributed by atoms with E-state index in [0.717, 1.165) is 24.5 Å². The van der Waals surface area contributed by atoms with Gasteiger partial charge in [-0.15, -0.1) is 0 Å². The van der Waals surface area contributed by atoms with Crippen molar-refractivity contribution in [2.24, 2.45) is 0 Å². The van der Waals surface area contributed by atoms with Crippen LogP contribution in [-0.2, 0) is 9.59 Å². The van der Waals surface area contributed by atoms with Gasteiger partial charge < -0.3 is 14.5 Å². The average Bonchev–Trinajstić information content (AvgIpc) is 3.12. The normalized spacial score (nSPS) is 16.9. The van der Waals surface area contributed by atoms with Crippen molar-refractivity contribution in [2.45, 2.75) is 19.8 Å². The van der Waals surface area contributed by atoms with Gasteiger partial charge in [-0.3, -0.25) is 19.3 Å². The van der Waals surface area contributed by atoms with E-state index in [1.54, 1.807) is 24.3 Å². The number of para-hydroxylation sites is 2. The number of piperazine rings is 1. The smallest absolute Gasteiger partial charge is 0.253 e. The molecule has 7 heteroatoms. The molecule has 2 heterocycles. The number of imide groups is 1. The highest BCUT2D eigenvalue weighted by atomic mass is 16.5. The minimum atomic E-state index is -0.192. The summed E-state index contributed by atoms with van der Waals surface area (Å²) in [7, 11) is 0. The molecule has 0 atom stereocenters. The maximum absolute atomic E-state index is 12.9. The highest BCUT2D eigenvalue weighted by molar-refractivity contribution is 6.19. The van der Waals surface area contributed by atoms with Crippen LogP contribution in [0.2, 0.25) is 0 Å². The van der Waals surface area contributed by atoms with E-state index in [2.05, 4.69) is 4.90 Å². The van der Waals surface area contributed by atoms with Gasteiger partial charge >= 0.3 is 0 Å². The fraction of sp³-hybridized carbons (Fsp3) is 0.348. The number of nitrogens with zero attached hydrogens (tertiary/aromatic N) is 3. The van der Waals surface area contributed by atoms with Crippen LogP contribution < -0.4 is 14.5 Å². The molecular formula is C23H25N3O4. The predicted molar refractivity (Wildman–Crippen MR) is 114 cm³/mol. The summed E-state index contributed by atoms with van der Waals surface area (Å²) < 4.78 is 5.73. The SMILES string of the molecule is CCOc1ccccc1N1CCN(C(=O)c2ccc(N3C(=O)CCC3=O)cc2)CC1. The Labute approximate surface area is 175 Å². The molecule has 156 valence electrons. The first-order valence-electron chi connectivity index (χ1n) is 10.3. The van der Waals surface area contributed by atoms with E-state index in [1.807, 2.05) is 36.1 Å². The Balaban J connectivity index is 1.40. The molecule has 3 amide bonds. The summed E-state index contributed by atoms with van der Waals surface area (Å²) in [4.78, 5) is 41.9. The summed E-state index contributed by atoms with van der Waals surface area (Å²) in [6, 6.07) is 14.7. The molecule has 0 aliphatic carbocycles. The van der Waals surface area contributed by atoms with Gasteiger partial charge in [-0.25, -0.2) is 0 Å². The van der Waals surface area contributed by atoms with Gasteiger partial charge in [0.2, 0.25) is 11.8 Å². The van der Waals surface area contributed by atoms with Crippen LogP contribution in [0.4, 0.5) is 11.4 Å². The van der Waals surface area contributed by atoms with Crippen molar-refractivity contribution in [1.82, 2.24) is 4.90 Å². The van der Waals surface area contributed by atoms with E-state index in [9.17, 15) is 14.4 Å². The standard InChI is InChI=1S/C23H25N3O4/c1-2-30-20-6-4-3-5-19(20)24-13-15-25(16-14-24)23(29)17-7-9-18(10-8-17)26-21(27)11-12-22(26)28/h3-10H,2,11-16H2,1H3. The first-order valence-corrected chi connectivity index (χ1v) is 10.3. The van der Waals surface area contributed by atoms with Gasteiger partial charge in [0.25, 0.3) is 5.91 Å². The van der Waals surface area contributed by atoms with Gasteiger partial charge in [0.05, 0.1) is 18.0 Å². The van der Waals surface area contributed by atoms with Gasteiger partial charge in [-0.05, 0) is 43.3 Å². The Bertz CT molecular complexity index is 933. The van der Waals surface area contributed by atoms with Gasteiger partial charge in [0.15, 0.2) is 0 Å². The number of amides is 3. The number of hydrogen-bond acceptors (Lipinski definition) is 5. The van der Waals surface area contributed by atoms with Gasteiger partial charge in [-0.2, -0.15) is 0 Å². The van der Waals surface area contributed by atoms with Crippen LogP contribution in [0.25, 0.3) is 0 Å². The van der Waals surface area contributed by atoms with Crippen molar-refractivity contribution in [3.8, 4) is 5.75 Å². The summed E-state index contributed by atoms with van der Waals surface area (Å²) >= 11 is 0. The first kappa shape index (κ1) is 19.9. The number of benzene rings is 2. The third kappa shape index (κ3) is 3.87. The van der Waals surface area contributed by atoms with E-state index in [-0.39, 0.29) is 30.6 Å². The Hall–Kier alpha value is -3.35. The lowest BCUT2D eigenvalue weighted by Gasteiger charge is -2.36. The molecule has 2 saturated heterocycles.